The molecule has 0 saturated heterocycles. The summed E-state index contributed by atoms with van der Waals surface area (Å²) in [7, 11) is 0. The Morgan fingerprint density at radius 1 is 1.16 bits per heavy atom. The second-order valence-electron chi connectivity index (χ2n) is 4.86. The number of ether oxygens (including phenoxy) is 1. The smallest absolute Gasteiger partial charge is 0.119 e. The molecule has 0 aromatic heterocycles. The van der Waals surface area contributed by atoms with Crippen LogP contribution < -0.4 is 10.5 Å². The van der Waals surface area contributed by atoms with Gasteiger partial charge in [0.1, 0.15) is 5.75 Å². The SMILES string of the molecule is CCCCN(CC)CC(N)c1ccc(OCC)cc1. The number of hydrogen-bond acceptors (Lipinski definition) is 3. The molecular weight excluding hydrogens is 236 g/mol. The van der Waals surface area contributed by atoms with Gasteiger partial charge in [0, 0.05) is 12.6 Å². The molecule has 0 spiro atoms. The van der Waals surface area contributed by atoms with E-state index < -0.39 is 0 Å². The van der Waals surface area contributed by atoms with Crippen molar-refractivity contribution in [3.63, 3.8) is 0 Å². The Labute approximate surface area is 117 Å². The molecule has 0 aliphatic rings. The molecule has 0 heterocycles. The van der Waals surface area contributed by atoms with Gasteiger partial charge < -0.3 is 15.4 Å². The minimum absolute atomic E-state index is 0.0764. The van der Waals surface area contributed by atoms with Crippen LogP contribution in [0.5, 0.6) is 5.75 Å². The van der Waals surface area contributed by atoms with Gasteiger partial charge in [0.05, 0.1) is 6.61 Å². The zero-order chi connectivity index (χ0) is 14.1. The van der Waals surface area contributed by atoms with E-state index in [0.29, 0.717) is 6.61 Å². The Morgan fingerprint density at radius 2 is 1.84 bits per heavy atom. The average molecular weight is 264 g/mol. The summed E-state index contributed by atoms with van der Waals surface area (Å²) < 4.78 is 5.44. The van der Waals surface area contributed by atoms with E-state index in [4.69, 9.17) is 10.5 Å². The van der Waals surface area contributed by atoms with Crippen LogP contribution >= 0.6 is 0 Å². The molecule has 1 aromatic rings. The summed E-state index contributed by atoms with van der Waals surface area (Å²) in [6.45, 7) is 10.2. The number of nitrogens with two attached hydrogens (primary N) is 1. The van der Waals surface area contributed by atoms with Crippen molar-refractivity contribution in [1.29, 1.82) is 0 Å². The summed E-state index contributed by atoms with van der Waals surface area (Å²) in [4.78, 5) is 2.42. The van der Waals surface area contributed by atoms with Crippen LogP contribution in [0.4, 0.5) is 0 Å². The molecule has 0 fully saturated rings. The van der Waals surface area contributed by atoms with Crippen molar-refractivity contribution in [2.45, 2.75) is 39.7 Å². The van der Waals surface area contributed by atoms with Gasteiger partial charge in [-0.15, -0.1) is 0 Å². The van der Waals surface area contributed by atoms with E-state index in [1.54, 1.807) is 0 Å². The molecule has 3 heteroatoms. The monoisotopic (exact) mass is 264 g/mol. The summed E-state index contributed by atoms with van der Waals surface area (Å²) in [5.41, 5.74) is 7.46. The minimum Gasteiger partial charge on any atom is -0.494 e. The fourth-order valence-corrected chi connectivity index (χ4v) is 2.12. The maximum Gasteiger partial charge on any atom is 0.119 e. The summed E-state index contributed by atoms with van der Waals surface area (Å²) in [5, 5.41) is 0. The van der Waals surface area contributed by atoms with Gasteiger partial charge in [-0.25, -0.2) is 0 Å². The van der Waals surface area contributed by atoms with Crippen molar-refractivity contribution in [2.75, 3.05) is 26.2 Å². The number of benzene rings is 1. The number of likely N-dealkylation sites (N-methyl/N-ethyl adjacent to an activating group) is 1. The summed E-state index contributed by atoms with van der Waals surface area (Å²) in [5.74, 6) is 0.914. The molecule has 19 heavy (non-hydrogen) atoms. The largest absolute Gasteiger partial charge is 0.494 e. The molecule has 1 rings (SSSR count). The molecular formula is C16H28N2O. The zero-order valence-electron chi connectivity index (χ0n) is 12.6. The molecule has 0 aliphatic heterocycles. The molecule has 1 atom stereocenters. The lowest BCUT2D eigenvalue weighted by molar-refractivity contribution is 0.266. The van der Waals surface area contributed by atoms with Crippen LogP contribution in [0, 0.1) is 0 Å². The molecule has 0 radical (unpaired) electrons. The Morgan fingerprint density at radius 3 is 2.37 bits per heavy atom. The lowest BCUT2D eigenvalue weighted by Crippen LogP contribution is -2.32. The third-order valence-electron chi connectivity index (χ3n) is 3.35. The van der Waals surface area contributed by atoms with E-state index in [1.165, 1.54) is 18.4 Å². The number of unbranched alkanes of at least 4 members (excludes halogenated alkanes) is 1. The first-order valence-corrected chi connectivity index (χ1v) is 7.41. The lowest BCUT2D eigenvalue weighted by Gasteiger charge is -2.24. The highest BCUT2D eigenvalue weighted by atomic mass is 16.5. The normalized spacial score (nSPS) is 12.7. The van der Waals surface area contributed by atoms with Crippen LogP contribution in [-0.2, 0) is 0 Å². The lowest BCUT2D eigenvalue weighted by atomic mass is 10.1. The third-order valence-corrected chi connectivity index (χ3v) is 3.35. The number of nitrogens with zero attached hydrogens (tertiary/aromatic N) is 1. The standard InChI is InChI=1S/C16H28N2O/c1-4-7-12-18(5-2)13-16(17)14-8-10-15(11-9-14)19-6-3/h8-11,16H,4-7,12-13,17H2,1-3H3. The molecule has 1 aromatic carbocycles. The van der Waals surface area contributed by atoms with Crippen LogP contribution in [0.25, 0.3) is 0 Å². The van der Waals surface area contributed by atoms with E-state index >= 15 is 0 Å². The molecule has 108 valence electrons. The van der Waals surface area contributed by atoms with Gasteiger partial charge >= 0.3 is 0 Å². The summed E-state index contributed by atoms with van der Waals surface area (Å²) >= 11 is 0. The Balaban J connectivity index is 2.53. The molecule has 1 unspecified atom stereocenters. The van der Waals surface area contributed by atoms with Crippen molar-refractivity contribution in [1.82, 2.24) is 4.90 Å². The highest BCUT2D eigenvalue weighted by Crippen LogP contribution is 2.17. The van der Waals surface area contributed by atoms with Crippen LogP contribution in [-0.4, -0.2) is 31.1 Å². The van der Waals surface area contributed by atoms with Crippen LogP contribution in [0.1, 0.15) is 45.2 Å². The Hall–Kier alpha value is -1.06. The van der Waals surface area contributed by atoms with Gasteiger partial charge in [0.2, 0.25) is 0 Å². The first-order chi connectivity index (χ1) is 9.21. The zero-order valence-corrected chi connectivity index (χ0v) is 12.6. The first-order valence-electron chi connectivity index (χ1n) is 7.41. The highest BCUT2D eigenvalue weighted by Gasteiger charge is 2.10. The van der Waals surface area contributed by atoms with Crippen LogP contribution in [0.2, 0.25) is 0 Å². The summed E-state index contributed by atoms with van der Waals surface area (Å²) in [6, 6.07) is 8.22. The van der Waals surface area contributed by atoms with Crippen molar-refractivity contribution in [2.24, 2.45) is 5.73 Å². The number of hydrogen-bond donors (Lipinski definition) is 1. The van der Waals surface area contributed by atoms with Gasteiger partial charge in [0.15, 0.2) is 0 Å². The maximum atomic E-state index is 6.28. The third kappa shape index (κ3) is 5.62. The number of rotatable bonds is 9. The van der Waals surface area contributed by atoms with Crippen LogP contribution in [0.15, 0.2) is 24.3 Å². The minimum atomic E-state index is 0.0764. The van der Waals surface area contributed by atoms with Crippen molar-refractivity contribution < 1.29 is 4.74 Å². The Bertz CT molecular complexity index is 337. The van der Waals surface area contributed by atoms with Gasteiger partial charge in [-0.1, -0.05) is 32.4 Å². The molecule has 0 bridgehead atoms. The first kappa shape index (κ1) is 16.0. The van der Waals surface area contributed by atoms with Crippen molar-refractivity contribution in [3.8, 4) is 5.75 Å². The predicted octanol–water partition coefficient (Wildman–Crippen LogP) is 3.21. The average Bonchev–Trinajstić information content (AvgIpc) is 2.44. The van der Waals surface area contributed by atoms with Crippen molar-refractivity contribution >= 4 is 0 Å². The second kappa shape index (κ2) is 8.94. The van der Waals surface area contributed by atoms with E-state index in [0.717, 1.165) is 25.4 Å². The molecule has 3 nitrogen and oxygen atoms in total. The topological polar surface area (TPSA) is 38.5 Å². The molecule has 2 N–H and O–H groups in total. The molecule has 0 amide bonds. The summed E-state index contributed by atoms with van der Waals surface area (Å²) in [6.07, 6.45) is 2.47. The van der Waals surface area contributed by atoms with E-state index in [9.17, 15) is 0 Å². The second-order valence-corrected chi connectivity index (χ2v) is 4.86. The van der Waals surface area contributed by atoms with Gasteiger partial charge in [0.25, 0.3) is 0 Å². The van der Waals surface area contributed by atoms with E-state index in [2.05, 4.69) is 30.9 Å². The predicted molar refractivity (Wildman–Crippen MR) is 81.6 cm³/mol. The fraction of sp³-hybridized carbons (Fsp3) is 0.625. The van der Waals surface area contributed by atoms with E-state index in [-0.39, 0.29) is 6.04 Å². The molecule has 0 aliphatic carbocycles. The fourth-order valence-electron chi connectivity index (χ4n) is 2.12. The van der Waals surface area contributed by atoms with Gasteiger partial charge in [-0.3, -0.25) is 0 Å². The highest BCUT2D eigenvalue weighted by molar-refractivity contribution is 5.29. The van der Waals surface area contributed by atoms with Crippen LogP contribution in [0.3, 0.4) is 0 Å². The van der Waals surface area contributed by atoms with Crippen molar-refractivity contribution in [3.05, 3.63) is 29.8 Å². The molecule has 0 saturated carbocycles. The Kier molecular flexibility index (Phi) is 7.53. The van der Waals surface area contributed by atoms with Gasteiger partial charge in [-0.05, 0) is 44.1 Å². The maximum absolute atomic E-state index is 6.28. The van der Waals surface area contributed by atoms with Gasteiger partial charge in [-0.2, -0.15) is 0 Å². The van der Waals surface area contributed by atoms with E-state index in [1.807, 2.05) is 19.1 Å². The quantitative estimate of drug-likeness (QED) is 0.744.